The fraction of sp³-hybridized carbons (Fsp3) is 0.588. The summed E-state index contributed by atoms with van der Waals surface area (Å²) in [6, 6.07) is 9.98. The maximum Gasteiger partial charge on any atom is 0.294 e. The van der Waals surface area contributed by atoms with Crippen LogP contribution < -0.4 is 0 Å². The molecule has 0 saturated carbocycles. The smallest absolute Gasteiger partial charge is 0.294 e. The van der Waals surface area contributed by atoms with E-state index < -0.39 is 5.09 Å². The maximum absolute atomic E-state index is 11.7. The first-order chi connectivity index (χ1) is 10.2. The third-order valence-corrected chi connectivity index (χ3v) is 2.86. The molecule has 0 aromatic heterocycles. The minimum absolute atomic E-state index is 0.132. The summed E-state index contributed by atoms with van der Waals surface area (Å²) in [5.74, 6) is 0.357. The van der Waals surface area contributed by atoms with E-state index in [9.17, 15) is 14.9 Å². The minimum atomic E-state index is -0.819. The standard InChI is InChI=1S/C15H22O.C2H5NO3/c1-15(2,3)11-7-10-14(16)12-13-8-5-4-6-9-13;1-2-6-3(4)5/h4-6,8-9H,7,10-12H2,1-3H3;2H2,1H3. The highest BCUT2D eigenvalue weighted by molar-refractivity contribution is 5.80. The predicted octanol–water partition coefficient (Wildman–Crippen LogP) is 4.23. The van der Waals surface area contributed by atoms with Gasteiger partial charge in [-0.15, -0.1) is 10.1 Å². The molecule has 0 bridgehead atoms. The van der Waals surface area contributed by atoms with Crippen LogP contribution in [-0.2, 0) is 16.1 Å². The van der Waals surface area contributed by atoms with Crippen LogP contribution in [0.1, 0.15) is 52.5 Å². The van der Waals surface area contributed by atoms with Gasteiger partial charge in [0.15, 0.2) is 0 Å². The summed E-state index contributed by atoms with van der Waals surface area (Å²) < 4.78 is 0. The first kappa shape index (κ1) is 20.1. The van der Waals surface area contributed by atoms with Crippen molar-refractivity contribution in [3.8, 4) is 0 Å². The molecule has 0 aliphatic heterocycles. The molecule has 0 spiro atoms. The van der Waals surface area contributed by atoms with Crippen molar-refractivity contribution in [3.63, 3.8) is 0 Å². The van der Waals surface area contributed by atoms with Crippen molar-refractivity contribution in [1.29, 1.82) is 0 Å². The molecular weight excluding hydrogens is 282 g/mol. The largest absolute Gasteiger partial charge is 0.314 e. The molecular formula is C17H27NO4. The zero-order valence-corrected chi connectivity index (χ0v) is 14.0. The monoisotopic (exact) mass is 309 g/mol. The van der Waals surface area contributed by atoms with Gasteiger partial charge in [-0.3, -0.25) is 4.79 Å². The van der Waals surface area contributed by atoms with E-state index in [2.05, 4.69) is 25.6 Å². The Labute approximate surface area is 132 Å². The highest BCUT2D eigenvalue weighted by Crippen LogP contribution is 2.21. The Morgan fingerprint density at radius 2 is 1.82 bits per heavy atom. The van der Waals surface area contributed by atoms with Crippen LogP contribution in [-0.4, -0.2) is 17.5 Å². The lowest BCUT2D eigenvalue weighted by atomic mass is 9.89. The van der Waals surface area contributed by atoms with Crippen LogP contribution in [0.3, 0.4) is 0 Å². The molecule has 1 rings (SSSR count). The van der Waals surface area contributed by atoms with Crippen molar-refractivity contribution in [3.05, 3.63) is 46.0 Å². The van der Waals surface area contributed by atoms with Crippen LogP contribution in [0.25, 0.3) is 0 Å². The lowest BCUT2D eigenvalue weighted by molar-refractivity contribution is -0.756. The SMILES string of the molecule is CC(C)(C)CCCC(=O)Cc1ccccc1.CCO[N+](=O)[O-]. The van der Waals surface area contributed by atoms with Crippen LogP contribution >= 0.6 is 0 Å². The highest BCUT2D eigenvalue weighted by Gasteiger charge is 2.11. The molecule has 0 heterocycles. The van der Waals surface area contributed by atoms with Gasteiger partial charge >= 0.3 is 0 Å². The highest BCUT2D eigenvalue weighted by atomic mass is 16.9. The van der Waals surface area contributed by atoms with Crippen LogP contribution in [0.4, 0.5) is 0 Å². The lowest BCUT2D eigenvalue weighted by Gasteiger charge is -2.17. The number of hydrogen-bond donors (Lipinski definition) is 0. The van der Waals surface area contributed by atoms with Crippen molar-refractivity contribution < 1.29 is 14.7 Å². The second-order valence-corrected chi connectivity index (χ2v) is 6.26. The van der Waals surface area contributed by atoms with Gasteiger partial charge in [0, 0.05) is 12.8 Å². The van der Waals surface area contributed by atoms with Gasteiger partial charge in [0.25, 0.3) is 5.09 Å². The topological polar surface area (TPSA) is 69.4 Å². The molecule has 0 N–H and O–H groups in total. The molecule has 0 fully saturated rings. The molecule has 0 atom stereocenters. The van der Waals surface area contributed by atoms with Crippen LogP contribution in [0.15, 0.2) is 30.3 Å². The van der Waals surface area contributed by atoms with E-state index in [1.807, 2.05) is 30.3 Å². The molecule has 0 aliphatic carbocycles. The Balaban J connectivity index is 0.000000626. The van der Waals surface area contributed by atoms with Gasteiger partial charge in [-0.2, -0.15) is 0 Å². The lowest BCUT2D eigenvalue weighted by Crippen LogP contribution is -2.08. The first-order valence-corrected chi connectivity index (χ1v) is 7.57. The second kappa shape index (κ2) is 10.8. The van der Waals surface area contributed by atoms with Crippen LogP contribution in [0, 0.1) is 15.5 Å². The minimum Gasteiger partial charge on any atom is -0.314 e. The van der Waals surface area contributed by atoms with Crippen molar-refractivity contribution in [2.24, 2.45) is 5.41 Å². The molecule has 1 aromatic rings. The summed E-state index contributed by atoms with van der Waals surface area (Å²) in [6.45, 7) is 8.34. The molecule has 0 unspecified atom stereocenters. The number of hydrogen-bond acceptors (Lipinski definition) is 4. The van der Waals surface area contributed by atoms with Gasteiger partial charge < -0.3 is 4.84 Å². The molecule has 0 radical (unpaired) electrons. The quantitative estimate of drug-likeness (QED) is 0.558. The average molecular weight is 309 g/mol. The Bertz CT molecular complexity index is 438. The van der Waals surface area contributed by atoms with Crippen LogP contribution in [0.2, 0.25) is 0 Å². The van der Waals surface area contributed by atoms with Gasteiger partial charge in [-0.05, 0) is 30.7 Å². The van der Waals surface area contributed by atoms with Gasteiger partial charge in [0.1, 0.15) is 5.78 Å². The maximum atomic E-state index is 11.7. The van der Waals surface area contributed by atoms with Crippen molar-refractivity contribution >= 4 is 5.78 Å². The molecule has 5 nitrogen and oxygen atoms in total. The number of benzene rings is 1. The third-order valence-electron chi connectivity index (χ3n) is 2.86. The molecule has 0 aliphatic rings. The number of Topliss-reactive ketones (excluding diaryl/α,β-unsaturated/α-hetero) is 1. The zero-order chi connectivity index (χ0) is 17.0. The van der Waals surface area contributed by atoms with E-state index in [1.54, 1.807) is 6.92 Å². The second-order valence-electron chi connectivity index (χ2n) is 6.26. The Hall–Kier alpha value is -1.91. The number of carbonyl (C=O) groups is 1. The van der Waals surface area contributed by atoms with E-state index in [0.29, 0.717) is 24.0 Å². The van der Waals surface area contributed by atoms with Crippen molar-refractivity contribution in [2.75, 3.05) is 6.61 Å². The fourth-order valence-corrected chi connectivity index (χ4v) is 1.83. The number of rotatable bonds is 7. The Kier molecular flexibility index (Phi) is 9.83. The van der Waals surface area contributed by atoms with Crippen molar-refractivity contribution in [2.45, 2.75) is 53.4 Å². The van der Waals surface area contributed by atoms with Gasteiger partial charge in [0.05, 0.1) is 6.61 Å². The van der Waals surface area contributed by atoms with Crippen molar-refractivity contribution in [1.82, 2.24) is 0 Å². The van der Waals surface area contributed by atoms with Gasteiger partial charge in [0.2, 0.25) is 0 Å². The van der Waals surface area contributed by atoms with E-state index in [4.69, 9.17) is 0 Å². The van der Waals surface area contributed by atoms with E-state index in [-0.39, 0.29) is 6.61 Å². The Morgan fingerprint density at radius 1 is 1.23 bits per heavy atom. The summed E-state index contributed by atoms with van der Waals surface area (Å²) in [5.41, 5.74) is 1.47. The molecule has 5 heteroatoms. The predicted molar refractivity (Wildman–Crippen MR) is 87.1 cm³/mol. The molecule has 124 valence electrons. The summed E-state index contributed by atoms with van der Waals surface area (Å²) in [4.78, 5) is 24.6. The average Bonchev–Trinajstić information content (AvgIpc) is 2.38. The number of ketones is 1. The van der Waals surface area contributed by atoms with E-state index in [1.165, 1.54) is 0 Å². The normalized spacial score (nSPS) is 10.4. The van der Waals surface area contributed by atoms with E-state index in [0.717, 1.165) is 18.4 Å². The number of nitrogens with zero attached hydrogens (tertiary/aromatic N) is 1. The van der Waals surface area contributed by atoms with Gasteiger partial charge in [-0.1, -0.05) is 51.1 Å². The summed E-state index contributed by atoms with van der Waals surface area (Å²) >= 11 is 0. The zero-order valence-electron chi connectivity index (χ0n) is 14.0. The molecule has 1 aromatic carbocycles. The van der Waals surface area contributed by atoms with E-state index >= 15 is 0 Å². The summed E-state index contributed by atoms with van der Waals surface area (Å²) in [5, 5.41) is 8.36. The summed E-state index contributed by atoms with van der Waals surface area (Å²) in [7, 11) is 0. The Morgan fingerprint density at radius 3 is 2.23 bits per heavy atom. The first-order valence-electron chi connectivity index (χ1n) is 7.57. The molecule has 0 saturated heterocycles. The van der Waals surface area contributed by atoms with Gasteiger partial charge in [-0.25, -0.2) is 0 Å². The van der Waals surface area contributed by atoms with Crippen LogP contribution in [0.5, 0.6) is 0 Å². The molecule has 22 heavy (non-hydrogen) atoms. The summed E-state index contributed by atoms with van der Waals surface area (Å²) in [6.07, 6.45) is 3.43. The number of carbonyl (C=O) groups excluding carboxylic acids is 1. The third kappa shape index (κ3) is 13.1. The molecule has 0 amide bonds. The fourth-order valence-electron chi connectivity index (χ4n) is 1.83.